The molecule has 1 aliphatic heterocycles. The first-order chi connectivity index (χ1) is 6.19. The number of carbonyl (C=O) groups excluding carboxylic acids is 1. The molecular weight excluding hydrogens is 168 g/mol. The highest BCUT2D eigenvalue weighted by Crippen LogP contribution is 2.23. The largest absolute Gasteiger partial charge is 0.428 e. The molecule has 1 saturated heterocycles. The van der Waals surface area contributed by atoms with Crippen molar-refractivity contribution in [1.82, 2.24) is 4.90 Å². The Labute approximate surface area is 78.3 Å². The molecule has 1 fully saturated rings. The lowest BCUT2D eigenvalue weighted by Crippen LogP contribution is -2.45. The molecule has 2 unspecified atom stereocenters. The molecule has 1 heterocycles. The summed E-state index contributed by atoms with van der Waals surface area (Å²) in [4.78, 5) is 17.0. The van der Waals surface area contributed by atoms with Gasteiger partial charge in [0.15, 0.2) is 0 Å². The number of hydrogen-bond donors (Lipinski definition) is 1. The van der Waals surface area contributed by atoms with Crippen molar-refractivity contribution in [3.8, 4) is 0 Å². The molecule has 0 aromatic rings. The summed E-state index contributed by atoms with van der Waals surface area (Å²) in [5.41, 5.74) is 0. The number of carbonyl (C=O) groups is 1. The first kappa shape index (κ1) is 10.1. The molecule has 1 amide bonds. The van der Waals surface area contributed by atoms with Crippen molar-refractivity contribution in [1.29, 1.82) is 0 Å². The van der Waals surface area contributed by atoms with Crippen molar-refractivity contribution in [3.63, 3.8) is 0 Å². The first-order valence-corrected chi connectivity index (χ1v) is 4.49. The standard InChI is InChI=1S/C9H16N2O2/c1-3-8-4-5-11(7(2)6-8)9(12)13-10/h3,7-8H,1,4-6,10H2,2H3. The molecule has 2 N–H and O–H groups in total. The molecule has 1 rings (SSSR count). The number of nitrogens with two attached hydrogens (primary N) is 1. The summed E-state index contributed by atoms with van der Waals surface area (Å²) in [5.74, 6) is 5.33. The SMILES string of the molecule is C=CC1CCN(C(=O)ON)C(C)C1. The highest BCUT2D eigenvalue weighted by atomic mass is 16.7. The quantitative estimate of drug-likeness (QED) is 0.493. The van der Waals surface area contributed by atoms with Gasteiger partial charge in [-0.05, 0) is 25.7 Å². The third-order valence-electron chi connectivity index (χ3n) is 2.59. The lowest BCUT2D eigenvalue weighted by molar-refractivity contribution is 0.0712. The Balaban J connectivity index is 2.52. The Bertz CT molecular complexity index is 206. The fourth-order valence-corrected chi connectivity index (χ4v) is 1.76. The molecule has 2 atom stereocenters. The highest BCUT2D eigenvalue weighted by Gasteiger charge is 2.27. The zero-order chi connectivity index (χ0) is 9.84. The number of likely N-dealkylation sites (tertiary alicyclic amines) is 1. The predicted octanol–water partition coefficient (Wildman–Crippen LogP) is 1.28. The Morgan fingerprint density at radius 1 is 1.77 bits per heavy atom. The third-order valence-corrected chi connectivity index (χ3v) is 2.59. The molecule has 1 aliphatic rings. The molecule has 13 heavy (non-hydrogen) atoms. The number of nitrogens with zero attached hydrogens (tertiary/aromatic N) is 1. The van der Waals surface area contributed by atoms with E-state index in [-0.39, 0.29) is 6.04 Å². The van der Waals surface area contributed by atoms with E-state index in [0.29, 0.717) is 12.5 Å². The minimum Gasteiger partial charge on any atom is -0.357 e. The maximum Gasteiger partial charge on any atom is 0.428 e. The van der Waals surface area contributed by atoms with Gasteiger partial charge in [0.05, 0.1) is 0 Å². The number of allylic oxidation sites excluding steroid dienone is 1. The lowest BCUT2D eigenvalue weighted by atomic mass is 9.92. The second-order valence-electron chi connectivity index (χ2n) is 3.45. The second-order valence-corrected chi connectivity index (χ2v) is 3.45. The van der Waals surface area contributed by atoms with Crippen molar-refractivity contribution >= 4 is 6.09 Å². The molecule has 0 aromatic heterocycles. The van der Waals surface area contributed by atoms with Crippen LogP contribution in [-0.4, -0.2) is 23.6 Å². The molecule has 4 heteroatoms. The van der Waals surface area contributed by atoms with Crippen LogP contribution in [0.5, 0.6) is 0 Å². The molecule has 0 spiro atoms. The average Bonchev–Trinajstić information content (AvgIpc) is 2.16. The van der Waals surface area contributed by atoms with Crippen LogP contribution in [0.4, 0.5) is 4.79 Å². The fourth-order valence-electron chi connectivity index (χ4n) is 1.76. The van der Waals surface area contributed by atoms with Crippen LogP contribution in [0.2, 0.25) is 0 Å². The van der Waals surface area contributed by atoms with Gasteiger partial charge in [0.1, 0.15) is 0 Å². The average molecular weight is 184 g/mol. The monoisotopic (exact) mass is 184 g/mol. The van der Waals surface area contributed by atoms with Crippen LogP contribution in [0, 0.1) is 5.92 Å². The summed E-state index contributed by atoms with van der Waals surface area (Å²) in [7, 11) is 0. The van der Waals surface area contributed by atoms with Gasteiger partial charge < -0.3 is 9.74 Å². The normalized spacial score (nSPS) is 28.3. The maximum atomic E-state index is 11.1. The van der Waals surface area contributed by atoms with Gasteiger partial charge in [-0.1, -0.05) is 6.08 Å². The molecule has 0 radical (unpaired) electrons. The lowest BCUT2D eigenvalue weighted by Gasteiger charge is -2.35. The van der Waals surface area contributed by atoms with Crippen molar-refractivity contribution in [2.45, 2.75) is 25.8 Å². The summed E-state index contributed by atoms with van der Waals surface area (Å²) in [6.45, 7) is 6.44. The van der Waals surface area contributed by atoms with Gasteiger partial charge in [0.2, 0.25) is 0 Å². The number of hydrogen-bond acceptors (Lipinski definition) is 3. The minimum absolute atomic E-state index is 0.188. The van der Waals surface area contributed by atoms with Gasteiger partial charge in [-0.25, -0.2) is 4.79 Å². The smallest absolute Gasteiger partial charge is 0.357 e. The summed E-state index contributed by atoms with van der Waals surface area (Å²) < 4.78 is 0. The van der Waals surface area contributed by atoms with Crippen LogP contribution in [0.25, 0.3) is 0 Å². The topological polar surface area (TPSA) is 55.6 Å². The van der Waals surface area contributed by atoms with Gasteiger partial charge in [0, 0.05) is 12.6 Å². The van der Waals surface area contributed by atoms with E-state index in [9.17, 15) is 4.79 Å². The van der Waals surface area contributed by atoms with Crippen LogP contribution in [-0.2, 0) is 4.84 Å². The van der Waals surface area contributed by atoms with Crippen LogP contribution in [0.3, 0.4) is 0 Å². The highest BCUT2D eigenvalue weighted by molar-refractivity contribution is 5.67. The molecule has 4 nitrogen and oxygen atoms in total. The third kappa shape index (κ3) is 2.21. The van der Waals surface area contributed by atoms with E-state index < -0.39 is 6.09 Å². The van der Waals surface area contributed by atoms with Gasteiger partial charge in [-0.15, -0.1) is 6.58 Å². The Kier molecular flexibility index (Phi) is 3.31. The summed E-state index contributed by atoms with van der Waals surface area (Å²) in [5, 5.41) is 0. The van der Waals surface area contributed by atoms with E-state index in [1.807, 2.05) is 13.0 Å². The van der Waals surface area contributed by atoms with Crippen molar-refractivity contribution < 1.29 is 9.63 Å². The zero-order valence-electron chi connectivity index (χ0n) is 7.90. The second kappa shape index (κ2) is 4.28. The van der Waals surface area contributed by atoms with E-state index in [4.69, 9.17) is 5.90 Å². The number of piperidine rings is 1. The van der Waals surface area contributed by atoms with Crippen LogP contribution < -0.4 is 5.90 Å². The molecular formula is C9H16N2O2. The first-order valence-electron chi connectivity index (χ1n) is 4.49. The summed E-state index contributed by atoms with van der Waals surface area (Å²) in [6, 6.07) is 0.188. The Hall–Kier alpha value is -1.03. The van der Waals surface area contributed by atoms with E-state index in [1.54, 1.807) is 4.90 Å². The van der Waals surface area contributed by atoms with Gasteiger partial charge in [0.25, 0.3) is 0 Å². The van der Waals surface area contributed by atoms with Crippen molar-refractivity contribution in [2.75, 3.05) is 6.54 Å². The van der Waals surface area contributed by atoms with Crippen molar-refractivity contribution in [3.05, 3.63) is 12.7 Å². The zero-order valence-corrected chi connectivity index (χ0v) is 7.90. The van der Waals surface area contributed by atoms with E-state index in [0.717, 1.165) is 12.8 Å². The molecule has 0 bridgehead atoms. The maximum absolute atomic E-state index is 11.1. The molecule has 74 valence electrons. The van der Waals surface area contributed by atoms with E-state index in [2.05, 4.69) is 11.4 Å². The Morgan fingerprint density at radius 2 is 2.46 bits per heavy atom. The van der Waals surface area contributed by atoms with Crippen LogP contribution in [0.15, 0.2) is 12.7 Å². The van der Waals surface area contributed by atoms with Crippen LogP contribution >= 0.6 is 0 Å². The molecule has 0 saturated carbocycles. The minimum atomic E-state index is -0.435. The predicted molar refractivity (Wildman–Crippen MR) is 49.8 cm³/mol. The molecule has 0 aliphatic carbocycles. The Morgan fingerprint density at radius 3 is 2.92 bits per heavy atom. The van der Waals surface area contributed by atoms with Gasteiger partial charge in [-0.2, -0.15) is 5.90 Å². The number of rotatable bonds is 1. The van der Waals surface area contributed by atoms with Crippen molar-refractivity contribution in [2.24, 2.45) is 11.8 Å². The van der Waals surface area contributed by atoms with Gasteiger partial charge in [-0.3, -0.25) is 0 Å². The number of amides is 1. The summed E-state index contributed by atoms with van der Waals surface area (Å²) in [6.07, 6.45) is 3.40. The molecule has 0 aromatic carbocycles. The van der Waals surface area contributed by atoms with E-state index >= 15 is 0 Å². The van der Waals surface area contributed by atoms with E-state index in [1.165, 1.54) is 0 Å². The summed E-state index contributed by atoms with van der Waals surface area (Å²) >= 11 is 0. The van der Waals surface area contributed by atoms with Crippen LogP contribution in [0.1, 0.15) is 19.8 Å². The fraction of sp³-hybridized carbons (Fsp3) is 0.667. The van der Waals surface area contributed by atoms with Gasteiger partial charge >= 0.3 is 6.09 Å².